The number of nitrogens with zero attached hydrogens (tertiary/aromatic N) is 1. The molecule has 0 radical (unpaired) electrons. The zero-order chi connectivity index (χ0) is 42.1. The van der Waals surface area contributed by atoms with Gasteiger partial charge in [-0.05, 0) is 104 Å². The molecule has 4 aliphatic rings. The van der Waals surface area contributed by atoms with E-state index in [1.165, 1.54) is 35.4 Å². The van der Waals surface area contributed by atoms with E-state index < -0.39 is 45.7 Å². The number of anilines is 2. The van der Waals surface area contributed by atoms with Gasteiger partial charge in [0.25, 0.3) is 21.8 Å². The summed E-state index contributed by atoms with van der Waals surface area (Å²) < 4.78 is 55.9. The summed E-state index contributed by atoms with van der Waals surface area (Å²) in [6.07, 6.45) is 5.89. The zero-order valence-corrected chi connectivity index (χ0v) is 34.0. The van der Waals surface area contributed by atoms with E-state index in [1.807, 2.05) is 0 Å². The Morgan fingerprint density at radius 3 is 1.98 bits per heavy atom. The first-order valence-corrected chi connectivity index (χ1v) is 21.7. The van der Waals surface area contributed by atoms with Crippen molar-refractivity contribution in [1.29, 1.82) is 0 Å². The van der Waals surface area contributed by atoms with E-state index in [0.29, 0.717) is 70.8 Å². The van der Waals surface area contributed by atoms with E-state index >= 15 is 0 Å². The maximum atomic E-state index is 13.2. The highest BCUT2D eigenvalue weighted by Crippen LogP contribution is 2.39. The smallest absolute Gasteiger partial charge is 0.333 e. The number of carbonyl (C=O) groups excluding carboxylic acids is 5. The first-order valence-electron chi connectivity index (χ1n) is 20.2. The number of rotatable bonds is 21. The molecule has 1 atom stereocenters. The molecule has 2 heterocycles. The predicted octanol–water partition coefficient (Wildman–Crippen LogP) is 3.13. The second-order valence-corrected chi connectivity index (χ2v) is 16.3. The standard InChI is InChI=1S/C42H49N5O12S/c48-36-15-14-35(39(49)44-36)47-40(50)33-8-3-9-34(37(33)41(47)51)43-16-17-55-18-19-56-20-21-57-22-23-58-24-25-59-29-10-12-30(13-11-29)60(53,54)46-42(52)45-38-31-6-1-4-27(31)26-28-5-2-7-32(28)38/h3,8-13,26,35,43H,1-2,4-7,14-25H2,(H,44,48,49)(H2,45,46,52). The largest absolute Gasteiger partial charge is 0.491 e. The number of ether oxygens (including phenoxy) is 5. The molecular weight excluding hydrogens is 799 g/mol. The van der Waals surface area contributed by atoms with Crippen molar-refractivity contribution in [2.45, 2.75) is 62.3 Å². The lowest BCUT2D eigenvalue weighted by Crippen LogP contribution is -2.54. The molecule has 0 saturated carbocycles. The highest BCUT2D eigenvalue weighted by atomic mass is 32.2. The summed E-state index contributed by atoms with van der Waals surface area (Å²) in [7, 11) is -4.10. The zero-order valence-electron chi connectivity index (χ0n) is 33.2. The number of urea groups is 1. The molecule has 0 aromatic heterocycles. The monoisotopic (exact) mass is 847 g/mol. The Balaban J connectivity index is 0.697. The number of piperidine rings is 1. The molecule has 7 rings (SSSR count). The number of amides is 6. The van der Waals surface area contributed by atoms with Gasteiger partial charge in [0, 0.05) is 24.3 Å². The molecule has 3 aromatic carbocycles. The fourth-order valence-electron chi connectivity index (χ4n) is 7.90. The molecule has 2 aliphatic carbocycles. The van der Waals surface area contributed by atoms with Crippen molar-refractivity contribution in [1.82, 2.24) is 14.9 Å². The first-order chi connectivity index (χ1) is 29.1. The van der Waals surface area contributed by atoms with Crippen LogP contribution in [0.3, 0.4) is 0 Å². The van der Waals surface area contributed by atoms with Crippen molar-refractivity contribution in [3.05, 3.63) is 81.9 Å². The van der Waals surface area contributed by atoms with E-state index in [9.17, 15) is 32.4 Å². The van der Waals surface area contributed by atoms with Crippen LogP contribution in [-0.2, 0) is 64.2 Å². The molecule has 1 unspecified atom stereocenters. The maximum absolute atomic E-state index is 13.2. The van der Waals surface area contributed by atoms with Crippen LogP contribution in [0.2, 0.25) is 0 Å². The van der Waals surface area contributed by atoms with Crippen LogP contribution in [0.15, 0.2) is 53.4 Å². The number of fused-ring (bicyclic) bond motifs is 3. The van der Waals surface area contributed by atoms with Gasteiger partial charge in [-0.3, -0.25) is 29.4 Å². The van der Waals surface area contributed by atoms with Gasteiger partial charge in [0.1, 0.15) is 18.4 Å². The summed E-state index contributed by atoms with van der Waals surface area (Å²) in [6, 6.07) is 11.1. The van der Waals surface area contributed by atoms with E-state index in [2.05, 4.69) is 26.7 Å². The summed E-state index contributed by atoms with van der Waals surface area (Å²) >= 11 is 0. The van der Waals surface area contributed by atoms with Crippen molar-refractivity contribution in [3.63, 3.8) is 0 Å². The third-order valence-electron chi connectivity index (χ3n) is 10.7. The van der Waals surface area contributed by atoms with E-state index in [0.717, 1.165) is 60.2 Å². The summed E-state index contributed by atoms with van der Waals surface area (Å²) in [6.45, 7) is 3.33. The molecule has 0 bridgehead atoms. The third kappa shape index (κ3) is 10.1. The van der Waals surface area contributed by atoms with Gasteiger partial charge in [-0.1, -0.05) is 12.1 Å². The van der Waals surface area contributed by atoms with Crippen LogP contribution in [0.25, 0.3) is 0 Å². The number of hydrogen-bond donors (Lipinski definition) is 4. The van der Waals surface area contributed by atoms with Crippen LogP contribution in [0.4, 0.5) is 16.2 Å². The lowest BCUT2D eigenvalue weighted by molar-refractivity contribution is -0.136. The molecule has 2 aliphatic heterocycles. The Labute approximate surface area is 347 Å². The van der Waals surface area contributed by atoms with Gasteiger partial charge in [0.2, 0.25) is 11.8 Å². The fourth-order valence-corrected chi connectivity index (χ4v) is 8.81. The molecule has 17 nitrogen and oxygen atoms in total. The van der Waals surface area contributed by atoms with Crippen molar-refractivity contribution >= 4 is 51.1 Å². The van der Waals surface area contributed by atoms with E-state index in [-0.39, 0.29) is 35.5 Å². The lowest BCUT2D eigenvalue weighted by Gasteiger charge is -2.27. The minimum Gasteiger partial charge on any atom is -0.491 e. The van der Waals surface area contributed by atoms with Crippen molar-refractivity contribution in [3.8, 4) is 5.75 Å². The molecule has 1 saturated heterocycles. The highest BCUT2D eigenvalue weighted by molar-refractivity contribution is 7.90. The first kappa shape index (κ1) is 42.7. The van der Waals surface area contributed by atoms with E-state index in [1.54, 1.807) is 18.2 Å². The van der Waals surface area contributed by atoms with Gasteiger partial charge in [0.05, 0.1) is 68.9 Å². The van der Waals surface area contributed by atoms with E-state index in [4.69, 9.17) is 23.7 Å². The number of sulfonamides is 1. The Morgan fingerprint density at radius 2 is 1.35 bits per heavy atom. The van der Waals surface area contributed by atoms with Crippen LogP contribution >= 0.6 is 0 Å². The quantitative estimate of drug-likeness (QED) is 0.0897. The summed E-state index contributed by atoms with van der Waals surface area (Å²) in [5.74, 6) is -1.77. The van der Waals surface area contributed by atoms with Gasteiger partial charge in [-0.15, -0.1) is 0 Å². The minimum atomic E-state index is -4.10. The lowest BCUT2D eigenvalue weighted by atomic mass is 9.99. The van der Waals surface area contributed by atoms with Crippen molar-refractivity contribution in [2.24, 2.45) is 0 Å². The molecule has 6 amide bonds. The third-order valence-corrected chi connectivity index (χ3v) is 12.1. The topological polar surface area (TPSA) is 217 Å². The summed E-state index contributed by atoms with van der Waals surface area (Å²) in [4.78, 5) is 63.8. The molecule has 18 heteroatoms. The normalized spacial score (nSPS) is 17.0. The molecule has 4 N–H and O–H groups in total. The average molecular weight is 848 g/mol. The highest BCUT2D eigenvalue weighted by Gasteiger charge is 2.45. The number of carbonyl (C=O) groups is 5. The number of imide groups is 2. The Bertz CT molecular complexity index is 2180. The van der Waals surface area contributed by atoms with Crippen molar-refractivity contribution < 1.29 is 56.1 Å². The maximum Gasteiger partial charge on any atom is 0.333 e. The summed E-state index contributed by atoms with van der Waals surface area (Å²) in [5.41, 5.74) is 6.36. The van der Waals surface area contributed by atoms with Gasteiger partial charge >= 0.3 is 6.03 Å². The number of aryl methyl sites for hydroxylation is 2. The fraction of sp³-hybridized carbons (Fsp3) is 0.452. The van der Waals surface area contributed by atoms with Crippen LogP contribution < -0.4 is 25.4 Å². The molecule has 3 aromatic rings. The number of nitrogens with one attached hydrogen (secondary N) is 4. The number of hydrogen-bond acceptors (Lipinski definition) is 13. The van der Waals surface area contributed by atoms with Crippen molar-refractivity contribution in [2.75, 3.05) is 76.6 Å². The predicted molar refractivity (Wildman–Crippen MR) is 217 cm³/mol. The van der Waals surface area contributed by atoms with Crippen LogP contribution in [0, 0.1) is 0 Å². The van der Waals surface area contributed by atoms with Gasteiger partial charge in [0.15, 0.2) is 0 Å². The molecular formula is C42H49N5O12S. The second-order valence-electron chi connectivity index (χ2n) is 14.7. The van der Waals surface area contributed by atoms with Crippen LogP contribution in [0.5, 0.6) is 5.75 Å². The minimum absolute atomic E-state index is 0.0523. The summed E-state index contributed by atoms with van der Waals surface area (Å²) in [5, 5.41) is 8.17. The average Bonchev–Trinajstić information content (AvgIpc) is 3.96. The van der Waals surface area contributed by atoms with Gasteiger partial charge in [-0.25, -0.2) is 17.9 Å². The molecule has 0 spiro atoms. The Kier molecular flexibility index (Phi) is 14.1. The van der Waals surface area contributed by atoms with Gasteiger partial charge < -0.3 is 34.3 Å². The molecule has 60 heavy (non-hydrogen) atoms. The van der Waals surface area contributed by atoms with Gasteiger partial charge in [-0.2, -0.15) is 0 Å². The van der Waals surface area contributed by atoms with Crippen LogP contribution in [0.1, 0.15) is 68.7 Å². The second kappa shape index (κ2) is 19.8. The molecule has 1 fully saturated rings. The number of benzene rings is 3. The molecule has 320 valence electrons. The SMILES string of the molecule is O=C1CCC(N2C(=O)c3cccc(NCCOCCOCCOCCOCCOc4ccc(S(=O)(=O)NC(=O)Nc5c6c(cc7c5CCC7)CCC6)cc4)c3C2=O)C(=O)N1. The Hall–Kier alpha value is -5.40. The van der Waals surface area contributed by atoms with Crippen LogP contribution in [-0.4, -0.2) is 115 Å². The Morgan fingerprint density at radius 1 is 0.733 bits per heavy atom.